The number of carbonyl (C=O) groups excluding carboxylic acids is 1. The van der Waals surface area contributed by atoms with Crippen molar-refractivity contribution in [3.05, 3.63) is 41.1 Å². The summed E-state index contributed by atoms with van der Waals surface area (Å²) in [7, 11) is 0. The Hall–Kier alpha value is -2.32. The standard InChI is InChI=1S/C14H14N4O/c15-8-13-7-11-3-1-2-4-12(11)9-18(13)17-6-5-16-14(19)10-17/h1-4,7H,5-6,9-10H2,(H,16,19). The summed E-state index contributed by atoms with van der Waals surface area (Å²) >= 11 is 0. The average Bonchev–Trinajstić information content (AvgIpc) is 2.46. The van der Waals surface area contributed by atoms with Crippen LogP contribution in [-0.4, -0.2) is 35.6 Å². The van der Waals surface area contributed by atoms with E-state index in [1.54, 1.807) is 0 Å². The SMILES string of the molecule is N#CC1=Cc2ccccc2CN1N1CCNC(=O)C1. The molecule has 19 heavy (non-hydrogen) atoms. The number of benzene rings is 1. The Morgan fingerprint density at radius 3 is 2.89 bits per heavy atom. The number of carbonyl (C=O) groups is 1. The Morgan fingerprint density at radius 1 is 1.26 bits per heavy atom. The van der Waals surface area contributed by atoms with Crippen LogP contribution in [0.2, 0.25) is 0 Å². The zero-order valence-corrected chi connectivity index (χ0v) is 10.5. The van der Waals surface area contributed by atoms with Crippen molar-refractivity contribution in [1.82, 2.24) is 15.3 Å². The fourth-order valence-corrected chi connectivity index (χ4v) is 2.46. The van der Waals surface area contributed by atoms with Crippen LogP contribution in [0.15, 0.2) is 30.0 Å². The molecule has 5 nitrogen and oxygen atoms in total. The molecule has 0 radical (unpaired) electrons. The summed E-state index contributed by atoms with van der Waals surface area (Å²) in [4.78, 5) is 11.5. The molecule has 0 unspecified atom stereocenters. The van der Waals surface area contributed by atoms with Gasteiger partial charge in [0.1, 0.15) is 11.8 Å². The highest BCUT2D eigenvalue weighted by Gasteiger charge is 2.27. The minimum atomic E-state index is 0.00222. The van der Waals surface area contributed by atoms with Crippen molar-refractivity contribution in [3.8, 4) is 6.07 Å². The molecule has 1 amide bonds. The second-order valence-electron chi connectivity index (χ2n) is 4.64. The molecule has 2 heterocycles. The van der Waals surface area contributed by atoms with Gasteiger partial charge in [-0.05, 0) is 17.2 Å². The predicted octanol–water partition coefficient (Wildman–Crippen LogP) is 0.713. The Bertz CT molecular complexity index is 587. The highest BCUT2D eigenvalue weighted by Crippen LogP contribution is 2.25. The number of amides is 1. The number of rotatable bonds is 1. The molecular formula is C14H14N4O. The lowest BCUT2D eigenvalue weighted by Crippen LogP contribution is -2.54. The van der Waals surface area contributed by atoms with Gasteiger partial charge < -0.3 is 5.32 Å². The fraction of sp³-hybridized carbons (Fsp3) is 0.286. The molecule has 1 aromatic carbocycles. The van der Waals surface area contributed by atoms with Gasteiger partial charge in [0.15, 0.2) is 0 Å². The quantitative estimate of drug-likeness (QED) is 0.802. The van der Waals surface area contributed by atoms with Crippen molar-refractivity contribution in [2.75, 3.05) is 19.6 Å². The molecule has 0 aliphatic carbocycles. The molecule has 0 saturated carbocycles. The molecule has 0 aromatic heterocycles. The van der Waals surface area contributed by atoms with E-state index >= 15 is 0 Å². The smallest absolute Gasteiger partial charge is 0.236 e. The van der Waals surface area contributed by atoms with Crippen LogP contribution in [0, 0.1) is 11.3 Å². The molecule has 1 fully saturated rings. The van der Waals surface area contributed by atoms with Crippen molar-refractivity contribution in [2.24, 2.45) is 0 Å². The van der Waals surface area contributed by atoms with Gasteiger partial charge in [0.05, 0.1) is 13.1 Å². The van der Waals surface area contributed by atoms with E-state index in [9.17, 15) is 10.1 Å². The molecule has 2 aliphatic heterocycles. The molecule has 1 N–H and O–H groups in total. The van der Waals surface area contributed by atoms with Gasteiger partial charge >= 0.3 is 0 Å². The van der Waals surface area contributed by atoms with Crippen LogP contribution < -0.4 is 5.32 Å². The van der Waals surface area contributed by atoms with Gasteiger partial charge in [-0.25, -0.2) is 5.01 Å². The number of allylic oxidation sites excluding steroid dienone is 1. The molecule has 3 rings (SSSR count). The zero-order valence-electron chi connectivity index (χ0n) is 10.5. The van der Waals surface area contributed by atoms with Crippen LogP contribution in [0.3, 0.4) is 0 Å². The van der Waals surface area contributed by atoms with Crippen molar-refractivity contribution >= 4 is 12.0 Å². The van der Waals surface area contributed by atoms with E-state index in [1.807, 2.05) is 34.3 Å². The average molecular weight is 254 g/mol. The molecule has 0 spiro atoms. The van der Waals surface area contributed by atoms with Gasteiger partial charge in [0, 0.05) is 13.1 Å². The molecule has 1 saturated heterocycles. The number of nitrogens with zero attached hydrogens (tertiary/aromatic N) is 3. The maximum absolute atomic E-state index is 11.5. The van der Waals surface area contributed by atoms with E-state index in [1.165, 1.54) is 5.56 Å². The minimum absolute atomic E-state index is 0.00222. The lowest BCUT2D eigenvalue weighted by molar-refractivity contribution is -0.130. The van der Waals surface area contributed by atoms with E-state index in [2.05, 4.69) is 17.5 Å². The number of hydrogen-bond acceptors (Lipinski definition) is 4. The molecule has 5 heteroatoms. The summed E-state index contributed by atoms with van der Waals surface area (Å²) in [5.41, 5.74) is 2.85. The van der Waals surface area contributed by atoms with E-state index in [4.69, 9.17) is 0 Å². The van der Waals surface area contributed by atoms with E-state index in [0.717, 1.165) is 12.1 Å². The third kappa shape index (κ3) is 2.18. The topological polar surface area (TPSA) is 59.4 Å². The van der Waals surface area contributed by atoms with Crippen LogP contribution in [0.4, 0.5) is 0 Å². The van der Waals surface area contributed by atoms with Gasteiger partial charge in [0.25, 0.3) is 0 Å². The van der Waals surface area contributed by atoms with Crippen molar-refractivity contribution in [1.29, 1.82) is 5.26 Å². The molecule has 2 aliphatic rings. The Morgan fingerprint density at radius 2 is 2.11 bits per heavy atom. The number of nitrogens with one attached hydrogen (secondary N) is 1. The molecule has 0 bridgehead atoms. The number of piperazine rings is 1. The van der Waals surface area contributed by atoms with Gasteiger partial charge in [-0.15, -0.1) is 0 Å². The molecule has 0 atom stereocenters. The summed E-state index contributed by atoms with van der Waals surface area (Å²) in [6.45, 7) is 2.30. The number of hydrazine groups is 1. The van der Waals surface area contributed by atoms with E-state index in [-0.39, 0.29) is 5.91 Å². The second kappa shape index (κ2) is 4.75. The minimum Gasteiger partial charge on any atom is -0.354 e. The normalized spacial score (nSPS) is 19.2. The third-order valence-electron chi connectivity index (χ3n) is 3.42. The Kier molecular flexibility index (Phi) is 2.94. The molecule has 1 aromatic rings. The van der Waals surface area contributed by atoms with Gasteiger partial charge in [-0.3, -0.25) is 9.80 Å². The summed E-state index contributed by atoms with van der Waals surface area (Å²) in [6.07, 6.45) is 1.88. The van der Waals surface area contributed by atoms with Gasteiger partial charge in [0.2, 0.25) is 5.91 Å². The van der Waals surface area contributed by atoms with Gasteiger partial charge in [-0.1, -0.05) is 24.3 Å². The van der Waals surface area contributed by atoms with E-state index < -0.39 is 0 Å². The fourth-order valence-electron chi connectivity index (χ4n) is 2.46. The summed E-state index contributed by atoms with van der Waals surface area (Å²) < 4.78 is 0. The number of hydrogen-bond donors (Lipinski definition) is 1. The first-order valence-electron chi connectivity index (χ1n) is 6.27. The largest absolute Gasteiger partial charge is 0.354 e. The Balaban J connectivity index is 1.91. The monoisotopic (exact) mass is 254 g/mol. The van der Waals surface area contributed by atoms with Crippen molar-refractivity contribution in [2.45, 2.75) is 6.54 Å². The second-order valence-corrected chi connectivity index (χ2v) is 4.64. The summed E-state index contributed by atoms with van der Waals surface area (Å²) in [5, 5.41) is 15.9. The first-order valence-corrected chi connectivity index (χ1v) is 6.27. The van der Waals surface area contributed by atoms with Crippen LogP contribution in [0.5, 0.6) is 0 Å². The maximum Gasteiger partial charge on any atom is 0.236 e. The summed E-state index contributed by atoms with van der Waals surface area (Å²) in [6, 6.07) is 10.2. The lowest BCUT2D eigenvalue weighted by atomic mass is 10.0. The molecular weight excluding hydrogens is 240 g/mol. The highest BCUT2D eigenvalue weighted by molar-refractivity contribution is 5.78. The first kappa shape index (κ1) is 11.8. The van der Waals surface area contributed by atoms with Crippen LogP contribution >= 0.6 is 0 Å². The maximum atomic E-state index is 11.5. The first-order chi connectivity index (χ1) is 9.28. The zero-order chi connectivity index (χ0) is 13.2. The third-order valence-corrected chi connectivity index (χ3v) is 3.42. The molecule has 96 valence electrons. The van der Waals surface area contributed by atoms with Crippen LogP contribution in [0.1, 0.15) is 11.1 Å². The van der Waals surface area contributed by atoms with Crippen LogP contribution in [0.25, 0.3) is 6.08 Å². The Labute approximate surface area is 111 Å². The summed E-state index contributed by atoms with van der Waals surface area (Å²) in [5.74, 6) is 0.00222. The van der Waals surface area contributed by atoms with Crippen LogP contribution in [-0.2, 0) is 11.3 Å². The van der Waals surface area contributed by atoms with E-state index in [0.29, 0.717) is 25.3 Å². The van der Waals surface area contributed by atoms with Crippen molar-refractivity contribution in [3.63, 3.8) is 0 Å². The number of nitriles is 1. The number of fused-ring (bicyclic) bond motifs is 1. The predicted molar refractivity (Wildman–Crippen MR) is 70.2 cm³/mol. The lowest BCUT2D eigenvalue weighted by Gasteiger charge is -2.39. The van der Waals surface area contributed by atoms with Gasteiger partial charge in [-0.2, -0.15) is 5.26 Å². The highest BCUT2D eigenvalue weighted by atomic mass is 16.2. The van der Waals surface area contributed by atoms with Crippen molar-refractivity contribution < 1.29 is 4.79 Å².